The predicted molar refractivity (Wildman–Crippen MR) is 74.7 cm³/mol. The summed E-state index contributed by atoms with van der Waals surface area (Å²) >= 11 is 0. The fourth-order valence-electron chi connectivity index (χ4n) is 2.19. The summed E-state index contributed by atoms with van der Waals surface area (Å²) in [6.07, 6.45) is 0. The maximum atomic E-state index is 5.75. The molecule has 0 saturated carbocycles. The number of aryl methyl sites for hydroxylation is 1. The Kier molecular flexibility index (Phi) is 2.77. The lowest BCUT2D eigenvalue weighted by Crippen LogP contribution is -1.99. The number of anilines is 1. The van der Waals surface area contributed by atoms with Gasteiger partial charge in [0.1, 0.15) is 11.3 Å². The second kappa shape index (κ2) is 4.57. The van der Waals surface area contributed by atoms with Gasteiger partial charge >= 0.3 is 0 Å². The Labute approximate surface area is 106 Å². The van der Waals surface area contributed by atoms with E-state index < -0.39 is 0 Å². The number of benzene rings is 2. The van der Waals surface area contributed by atoms with E-state index in [0.29, 0.717) is 0 Å². The number of para-hydroxylation sites is 2. The van der Waals surface area contributed by atoms with E-state index in [0.717, 1.165) is 23.6 Å². The second-order valence-electron chi connectivity index (χ2n) is 4.35. The summed E-state index contributed by atoms with van der Waals surface area (Å²) in [5, 5.41) is 4.61. The molecule has 1 heterocycles. The quantitative estimate of drug-likeness (QED) is 0.732. The Bertz CT molecular complexity index is 655. The van der Waals surface area contributed by atoms with Crippen LogP contribution in [-0.2, 0) is 6.54 Å². The maximum absolute atomic E-state index is 5.75. The molecule has 0 fully saturated rings. The Morgan fingerprint density at radius 1 is 0.944 bits per heavy atom. The van der Waals surface area contributed by atoms with Crippen molar-refractivity contribution in [3.63, 3.8) is 0 Å². The minimum Gasteiger partial charge on any atom is -0.461 e. The minimum absolute atomic E-state index is 0.785. The number of furan rings is 1. The highest BCUT2D eigenvalue weighted by Crippen LogP contribution is 2.25. The van der Waals surface area contributed by atoms with Gasteiger partial charge in [0.2, 0.25) is 0 Å². The molecule has 3 rings (SSSR count). The van der Waals surface area contributed by atoms with Crippen molar-refractivity contribution in [3.05, 3.63) is 65.9 Å². The van der Waals surface area contributed by atoms with Gasteiger partial charge in [-0.3, -0.25) is 0 Å². The molecule has 0 spiro atoms. The van der Waals surface area contributed by atoms with E-state index in [1.165, 1.54) is 10.9 Å². The molecule has 2 aromatic carbocycles. The van der Waals surface area contributed by atoms with Crippen LogP contribution in [0.4, 0.5) is 5.69 Å². The topological polar surface area (TPSA) is 25.2 Å². The van der Waals surface area contributed by atoms with Crippen LogP contribution in [0, 0.1) is 6.92 Å². The molecule has 0 atom stereocenters. The number of nitrogens with one attached hydrogen (secondary N) is 1. The first-order chi connectivity index (χ1) is 8.84. The lowest BCUT2D eigenvalue weighted by atomic mass is 10.1. The summed E-state index contributed by atoms with van der Waals surface area (Å²) < 4.78 is 5.75. The summed E-state index contributed by atoms with van der Waals surface area (Å²) in [4.78, 5) is 0. The summed E-state index contributed by atoms with van der Waals surface area (Å²) in [5.41, 5.74) is 3.32. The SMILES string of the molecule is Cc1oc2ccccc2c1CNc1ccccc1. The molecule has 2 heteroatoms. The van der Waals surface area contributed by atoms with E-state index in [4.69, 9.17) is 4.42 Å². The van der Waals surface area contributed by atoms with Gasteiger partial charge in [-0.2, -0.15) is 0 Å². The van der Waals surface area contributed by atoms with Gasteiger partial charge in [-0.05, 0) is 25.1 Å². The van der Waals surface area contributed by atoms with Crippen LogP contribution in [0.25, 0.3) is 11.0 Å². The minimum atomic E-state index is 0.785. The zero-order chi connectivity index (χ0) is 12.4. The monoisotopic (exact) mass is 237 g/mol. The third-order valence-corrected chi connectivity index (χ3v) is 3.14. The molecule has 1 N–H and O–H groups in total. The first-order valence-corrected chi connectivity index (χ1v) is 6.10. The van der Waals surface area contributed by atoms with Crippen LogP contribution < -0.4 is 5.32 Å². The summed E-state index contributed by atoms with van der Waals surface area (Å²) in [5.74, 6) is 0.986. The van der Waals surface area contributed by atoms with E-state index >= 15 is 0 Å². The molecule has 0 radical (unpaired) electrons. The molecule has 0 bridgehead atoms. The van der Waals surface area contributed by atoms with Crippen LogP contribution in [0.1, 0.15) is 11.3 Å². The lowest BCUT2D eigenvalue weighted by Gasteiger charge is -2.05. The average Bonchev–Trinajstić information content (AvgIpc) is 2.73. The molecule has 0 aliphatic rings. The molecule has 2 nitrogen and oxygen atoms in total. The average molecular weight is 237 g/mol. The molecule has 90 valence electrons. The van der Waals surface area contributed by atoms with Crippen LogP contribution >= 0.6 is 0 Å². The van der Waals surface area contributed by atoms with Crippen molar-refractivity contribution < 1.29 is 4.42 Å². The molecule has 18 heavy (non-hydrogen) atoms. The van der Waals surface area contributed by atoms with E-state index in [1.54, 1.807) is 0 Å². The lowest BCUT2D eigenvalue weighted by molar-refractivity contribution is 0.573. The second-order valence-corrected chi connectivity index (χ2v) is 4.35. The Balaban J connectivity index is 1.89. The van der Waals surface area contributed by atoms with Gasteiger partial charge in [-0.15, -0.1) is 0 Å². The Hall–Kier alpha value is -2.22. The van der Waals surface area contributed by atoms with Gasteiger partial charge < -0.3 is 9.73 Å². The highest BCUT2D eigenvalue weighted by Gasteiger charge is 2.09. The van der Waals surface area contributed by atoms with Gasteiger partial charge in [0, 0.05) is 23.2 Å². The van der Waals surface area contributed by atoms with Crippen molar-refractivity contribution >= 4 is 16.7 Å². The van der Waals surface area contributed by atoms with Crippen molar-refractivity contribution in [2.75, 3.05) is 5.32 Å². The Morgan fingerprint density at radius 2 is 1.67 bits per heavy atom. The van der Waals surface area contributed by atoms with Crippen molar-refractivity contribution in [2.45, 2.75) is 13.5 Å². The zero-order valence-electron chi connectivity index (χ0n) is 10.3. The molecule has 0 unspecified atom stereocenters. The maximum Gasteiger partial charge on any atom is 0.134 e. The first kappa shape index (κ1) is 10.9. The van der Waals surface area contributed by atoms with Gasteiger partial charge in [0.15, 0.2) is 0 Å². The molecule has 1 aromatic heterocycles. The van der Waals surface area contributed by atoms with Crippen LogP contribution in [0.3, 0.4) is 0 Å². The largest absolute Gasteiger partial charge is 0.461 e. The Morgan fingerprint density at radius 3 is 2.50 bits per heavy atom. The smallest absolute Gasteiger partial charge is 0.134 e. The molecule has 3 aromatic rings. The third kappa shape index (κ3) is 1.97. The standard InChI is InChI=1S/C16H15NO/c1-12-15(11-17-13-7-3-2-4-8-13)14-9-5-6-10-16(14)18-12/h2-10,17H,11H2,1H3. The molecule has 0 aliphatic carbocycles. The number of hydrogen-bond donors (Lipinski definition) is 1. The summed E-state index contributed by atoms with van der Waals surface area (Å²) in [7, 11) is 0. The number of fused-ring (bicyclic) bond motifs is 1. The van der Waals surface area contributed by atoms with E-state index in [9.17, 15) is 0 Å². The number of hydrogen-bond acceptors (Lipinski definition) is 2. The van der Waals surface area contributed by atoms with Crippen molar-refractivity contribution in [3.8, 4) is 0 Å². The molecule has 0 aliphatic heterocycles. The highest BCUT2D eigenvalue weighted by molar-refractivity contribution is 5.82. The van der Waals surface area contributed by atoms with Crippen LogP contribution in [0.15, 0.2) is 59.0 Å². The third-order valence-electron chi connectivity index (χ3n) is 3.14. The summed E-state index contributed by atoms with van der Waals surface area (Å²) in [6.45, 7) is 2.80. The van der Waals surface area contributed by atoms with Crippen molar-refractivity contribution in [2.24, 2.45) is 0 Å². The van der Waals surface area contributed by atoms with Crippen molar-refractivity contribution in [1.82, 2.24) is 0 Å². The molecule has 0 saturated heterocycles. The normalized spacial score (nSPS) is 10.7. The van der Waals surface area contributed by atoms with Gasteiger partial charge in [-0.25, -0.2) is 0 Å². The van der Waals surface area contributed by atoms with Gasteiger partial charge in [0.25, 0.3) is 0 Å². The summed E-state index contributed by atoms with van der Waals surface area (Å²) in [6, 6.07) is 18.4. The van der Waals surface area contributed by atoms with Crippen LogP contribution in [-0.4, -0.2) is 0 Å². The zero-order valence-corrected chi connectivity index (χ0v) is 10.3. The van der Waals surface area contributed by atoms with Crippen LogP contribution in [0.5, 0.6) is 0 Å². The van der Waals surface area contributed by atoms with E-state index in [1.807, 2.05) is 43.3 Å². The fourth-order valence-corrected chi connectivity index (χ4v) is 2.19. The van der Waals surface area contributed by atoms with Crippen molar-refractivity contribution in [1.29, 1.82) is 0 Å². The highest BCUT2D eigenvalue weighted by atomic mass is 16.3. The molecule has 0 amide bonds. The van der Waals surface area contributed by atoms with Crippen LogP contribution in [0.2, 0.25) is 0 Å². The van der Waals surface area contributed by atoms with Gasteiger partial charge in [-0.1, -0.05) is 36.4 Å². The van der Waals surface area contributed by atoms with Gasteiger partial charge in [0.05, 0.1) is 0 Å². The number of rotatable bonds is 3. The first-order valence-electron chi connectivity index (χ1n) is 6.10. The molecular weight excluding hydrogens is 222 g/mol. The predicted octanol–water partition coefficient (Wildman–Crippen LogP) is 4.35. The fraction of sp³-hybridized carbons (Fsp3) is 0.125. The van der Waals surface area contributed by atoms with E-state index in [2.05, 4.69) is 23.5 Å². The molecular formula is C16H15NO. The van der Waals surface area contributed by atoms with E-state index in [-0.39, 0.29) is 0 Å².